The summed E-state index contributed by atoms with van der Waals surface area (Å²) in [4.78, 5) is 15.6. The standard InChI is InChI=1S/C26H23ClFN5O2/c27-21-7-3-1-5-19(21)25-30-29-23(35-25)15-32(17-13-14-17)26(34)24-20-6-2-4-8-22(20)33(31-24)18-11-9-16(28)10-12-18/h1,3,5,7,9-12,17H,2,4,6,8,13-15H2. The zero-order chi connectivity index (χ0) is 23.9. The number of halogens is 2. The van der Waals surface area contributed by atoms with Crippen molar-refractivity contribution < 1.29 is 13.6 Å². The highest BCUT2D eigenvalue weighted by molar-refractivity contribution is 6.33. The molecule has 2 aliphatic rings. The van der Waals surface area contributed by atoms with Crippen LogP contribution in [0, 0.1) is 5.82 Å². The lowest BCUT2D eigenvalue weighted by molar-refractivity contribution is 0.0706. The number of rotatable bonds is 6. The van der Waals surface area contributed by atoms with Crippen molar-refractivity contribution in [2.24, 2.45) is 0 Å². The topological polar surface area (TPSA) is 77.1 Å². The van der Waals surface area contributed by atoms with Crippen molar-refractivity contribution in [3.8, 4) is 17.1 Å². The zero-order valence-corrected chi connectivity index (χ0v) is 19.7. The molecule has 0 atom stereocenters. The Labute approximate surface area is 206 Å². The molecule has 0 radical (unpaired) electrons. The Morgan fingerprint density at radius 3 is 2.63 bits per heavy atom. The minimum atomic E-state index is -0.304. The van der Waals surface area contributed by atoms with Gasteiger partial charge in [-0.1, -0.05) is 23.7 Å². The third kappa shape index (κ3) is 4.23. The van der Waals surface area contributed by atoms with Gasteiger partial charge in [-0.2, -0.15) is 5.10 Å². The summed E-state index contributed by atoms with van der Waals surface area (Å²) < 4.78 is 21.2. The summed E-state index contributed by atoms with van der Waals surface area (Å²) >= 11 is 6.27. The fourth-order valence-electron chi connectivity index (χ4n) is 4.66. The van der Waals surface area contributed by atoms with Crippen LogP contribution in [0.15, 0.2) is 52.9 Å². The highest BCUT2D eigenvalue weighted by Gasteiger charge is 2.37. The van der Waals surface area contributed by atoms with Crippen LogP contribution < -0.4 is 0 Å². The van der Waals surface area contributed by atoms with Crippen LogP contribution in [-0.4, -0.2) is 36.8 Å². The van der Waals surface area contributed by atoms with Crippen LogP contribution in [0.3, 0.4) is 0 Å². The molecular formula is C26H23ClFN5O2. The minimum Gasteiger partial charge on any atom is -0.419 e. The molecule has 1 fully saturated rings. The molecule has 0 unspecified atom stereocenters. The van der Waals surface area contributed by atoms with Gasteiger partial charge in [0.1, 0.15) is 5.82 Å². The van der Waals surface area contributed by atoms with Crippen LogP contribution in [0.5, 0.6) is 0 Å². The smallest absolute Gasteiger partial charge is 0.275 e. The summed E-state index contributed by atoms with van der Waals surface area (Å²) in [6.07, 6.45) is 5.54. The summed E-state index contributed by atoms with van der Waals surface area (Å²) in [5.41, 5.74) is 3.88. The molecule has 0 aliphatic heterocycles. The van der Waals surface area contributed by atoms with Gasteiger partial charge >= 0.3 is 0 Å². The van der Waals surface area contributed by atoms with Gasteiger partial charge in [-0.25, -0.2) is 9.07 Å². The molecule has 1 saturated carbocycles. The summed E-state index contributed by atoms with van der Waals surface area (Å²) in [5.74, 6) is 0.240. The van der Waals surface area contributed by atoms with E-state index in [0.717, 1.165) is 55.5 Å². The fraction of sp³-hybridized carbons (Fsp3) is 0.308. The quantitative estimate of drug-likeness (QED) is 0.361. The zero-order valence-electron chi connectivity index (χ0n) is 19.0. The second-order valence-corrected chi connectivity index (χ2v) is 9.42. The molecule has 1 amide bonds. The maximum Gasteiger partial charge on any atom is 0.275 e. The van der Waals surface area contributed by atoms with E-state index in [4.69, 9.17) is 21.1 Å². The molecule has 6 rings (SSSR count). The Morgan fingerprint density at radius 1 is 1.09 bits per heavy atom. The highest BCUT2D eigenvalue weighted by atomic mass is 35.5. The van der Waals surface area contributed by atoms with E-state index >= 15 is 0 Å². The number of hydrogen-bond acceptors (Lipinski definition) is 5. The lowest BCUT2D eigenvalue weighted by Gasteiger charge is -2.20. The van der Waals surface area contributed by atoms with Crippen LogP contribution in [0.2, 0.25) is 5.02 Å². The Hall–Kier alpha value is -3.52. The first-order valence-corrected chi connectivity index (χ1v) is 12.2. The molecule has 9 heteroatoms. The number of carbonyl (C=O) groups is 1. The van der Waals surface area contributed by atoms with Gasteiger partial charge in [0, 0.05) is 17.3 Å². The fourth-order valence-corrected chi connectivity index (χ4v) is 4.88. The van der Waals surface area contributed by atoms with E-state index in [9.17, 15) is 9.18 Å². The average Bonchev–Trinajstić information content (AvgIpc) is 3.49. The van der Waals surface area contributed by atoms with Gasteiger partial charge < -0.3 is 9.32 Å². The molecule has 7 nitrogen and oxygen atoms in total. The number of carbonyl (C=O) groups excluding carboxylic acids is 1. The SMILES string of the molecule is O=C(c1nn(-c2ccc(F)cc2)c2c1CCCC2)N(Cc1nnc(-c2ccccc2Cl)o1)C1CC1. The van der Waals surface area contributed by atoms with Gasteiger partial charge in [0.25, 0.3) is 5.91 Å². The lowest BCUT2D eigenvalue weighted by Crippen LogP contribution is -2.33. The molecule has 2 heterocycles. The number of nitrogens with zero attached hydrogens (tertiary/aromatic N) is 5. The van der Waals surface area contributed by atoms with E-state index in [1.807, 2.05) is 18.2 Å². The summed E-state index contributed by atoms with van der Waals surface area (Å²) in [5, 5.41) is 13.6. The first-order chi connectivity index (χ1) is 17.1. The van der Waals surface area contributed by atoms with Crippen molar-refractivity contribution in [3.05, 3.63) is 82.2 Å². The van der Waals surface area contributed by atoms with E-state index < -0.39 is 0 Å². The van der Waals surface area contributed by atoms with Gasteiger partial charge in [0.05, 0.1) is 22.8 Å². The maximum absolute atomic E-state index is 13.8. The van der Waals surface area contributed by atoms with Crippen molar-refractivity contribution in [3.63, 3.8) is 0 Å². The number of fused-ring (bicyclic) bond motifs is 1. The molecule has 0 saturated heterocycles. The van der Waals surface area contributed by atoms with Gasteiger partial charge in [-0.15, -0.1) is 10.2 Å². The van der Waals surface area contributed by atoms with Crippen molar-refractivity contribution in [2.75, 3.05) is 0 Å². The second-order valence-electron chi connectivity index (χ2n) is 9.01. The van der Waals surface area contributed by atoms with Gasteiger partial charge in [0.2, 0.25) is 11.8 Å². The van der Waals surface area contributed by atoms with Crippen LogP contribution in [0.25, 0.3) is 17.1 Å². The first-order valence-electron chi connectivity index (χ1n) is 11.8. The predicted octanol–water partition coefficient (Wildman–Crippen LogP) is 5.40. The van der Waals surface area contributed by atoms with E-state index in [0.29, 0.717) is 28.1 Å². The summed E-state index contributed by atoms with van der Waals surface area (Å²) in [6, 6.07) is 13.6. The normalized spacial score (nSPS) is 15.1. The Bertz CT molecular complexity index is 1390. The van der Waals surface area contributed by atoms with Crippen LogP contribution >= 0.6 is 11.6 Å². The largest absolute Gasteiger partial charge is 0.419 e. The first kappa shape index (κ1) is 22.0. The van der Waals surface area contributed by atoms with Crippen molar-refractivity contribution >= 4 is 17.5 Å². The molecule has 2 aromatic heterocycles. The van der Waals surface area contributed by atoms with Crippen LogP contribution in [0.1, 0.15) is 53.3 Å². The summed E-state index contributed by atoms with van der Waals surface area (Å²) in [6.45, 7) is 0.207. The molecule has 0 spiro atoms. The second kappa shape index (κ2) is 8.92. The molecule has 0 N–H and O–H groups in total. The number of amides is 1. The van der Waals surface area contributed by atoms with Gasteiger partial charge in [0.15, 0.2) is 5.69 Å². The van der Waals surface area contributed by atoms with Gasteiger partial charge in [-0.05, 0) is 74.9 Å². The van der Waals surface area contributed by atoms with E-state index in [1.54, 1.807) is 27.8 Å². The number of benzene rings is 2. The minimum absolute atomic E-state index is 0.119. The molecule has 178 valence electrons. The number of hydrogen-bond donors (Lipinski definition) is 0. The van der Waals surface area contributed by atoms with Crippen molar-refractivity contribution in [2.45, 2.75) is 51.1 Å². The third-order valence-corrected chi connectivity index (χ3v) is 6.91. The highest BCUT2D eigenvalue weighted by Crippen LogP contribution is 2.34. The van der Waals surface area contributed by atoms with Crippen LogP contribution in [0.4, 0.5) is 4.39 Å². The molecule has 2 aliphatic carbocycles. The summed E-state index contributed by atoms with van der Waals surface area (Å²) in [7, 11) is 0. The van der Waals surface area contributed by atoms with Crippen molar-refractivity contribution in [1.29, 1.82) is 0 Å². The Kier molecular flexibility index (Phi) is 5.60. The molecule has 0 bridgehead atoms. The molecule has 2 aromatic carbocycles. The maximum atomic E-state index is 13.8. The molecular weight excluding hydrogens is 469 g/mol. The molecule has 35 heavy (non-hydrogen) atoms. The monoisotopic (exact) mass is 491 g/mol. The Morgan fingerprint density at radius 2 is 1.86 bits per heavy atom. The predicted molar refractivity (Wildman–Crippen MR) is 128 cm³/mol. The van der Waals surface area contributed by atoms with Crippen LogP contribution in [-0.2, 0) is 19.4 Å². The Balaban J connectivity index is 1.32. The number of aromatic nitrogens is 4. The van der Waals surface area contributed by atoms with E-state index in [1.165, 1.54) is 12.1 Å². The lowest BCUT2D eigenvalue weighted by atomic mass is 9.95. The average molecular weight is 492 g/mol. The molecule has 4 aromatic rings. The van der Waals surface area contributed by atoms with E-state index in [2.05, 4.69) is 10.2 Å². The third-order valence-electron chi connectivity index (χ3n) is 6.58. The van der Waals surface area contributed by atoms with E-state index in [-0.39, 0.29) is 24.3 Å². The van der Waals surface area contributed by atoms with Gasteiger partial charge in [-0.3, -0.25) is 4.79 Å². The van der Waals surface area contributed by atoms with Crippen molar-refractivity contribution in [1.82, 2.24) is 24.9 Å².